The number of aryl methyl sites for hydroxylation is 1. The molecule has 6 nitrogen and oxygen atoms in total. The standard InChI is InChI=1S/C18H25N5OS/c1-3-8-22-9-5-10-23-15(13-22)11-14(21-23)12-20-17(24)16-6-4-7-19-18(16)25-2/h4,6-7,11H,3,5,8-10,12-13H2,1-2H3,(H,20,24). The van der Waals surface area contributed by atoms with Gasteiger partial charge in [0.25, 0.3) is 5.91 Å². The second-order valence-electron chi connectivity index (χ2n) is 6.22. The number of hydrogen-bond donors (Lipinski definition) is 1. The first-order valence-corrected chi connectivity index (χ1v) is 9.99. The molecule has 0 saturated heterocycles. The molecule has 0 bridgehead atoms. The number of thioether (sulfide) groups is 1. The highest BCUT2D eigenvalue weighted by atomic mass is 32.2. The van der Waals surface area contributed by atoms with Crippen LogP contribution in [0.3, 0.4) is 0 Å². The van der Waals surface area contributed by atoms with Crippen molar-refractivity contribution in [3.8, 4) is 0 Å². The van der Waals surface area contributed by atoms with Crippen LogP contribution in [0, 0.1) is 0 Å². The first-order chi connectivity index (χ1) is 12.2. The van der Waals surface area contributed by atoms with Gasteiger partial charge in [0.05, 0.1) is 23.5 Å². The number of rotatable bonds is 6. The zero-order valence-electron chi connectivity index (χ0n) is 14.9. The Balaban J connectivity index is 1.64. The van der Waals surface area contributed by atoms with Crippen LogP contribution < -0.4 is 5.32 Å². The van der Waals surface area contributed by atoms with Gasteiger partial charge >= 0.3 is 0 Å². The highest BCUT2D eigenvalue weighted by Crippen LogP contribution is 2.17. The first-order valence-electron chi connectivity index (χ1n) is 8.76. The molecule has 134 valence electrons. The molecule has 7 heteroatoms. The van der Waals surface area contributed by atoms with Crippen LogP contribution >= 0.6 is 11.8 Å². The fourth-order valence-electron chi connectivity index (χ4n) is 3.17. The van der Waals surface area contributed by atoms with Crippen molar-refractivity contribution in [2.24, 2.45) is 0 Å². The summed E-state index contributed by atoms with van der Waals surface area (Å²) < 4.78 is 2.09. The SMILES string of the molecule is CCCN1CCCn2nc(CNC(=O)c3cccnc3SC)cc2C1. The Morgan fingerprint density at radius 2 is 2.28 bits per heavy atom. The summed E-state index contributed by atoms with van der Waals surface area (Å²) in [5.41, 5.74) is 2.77. The fraction of sp³-hybridized carbons (Fsp3) is 0.500. The summed E-state index contributed by atoms with van der Waals surface area (Å²) in [6.07, 6.45) is 5.91. The number of fused-ring (bicyclic) bond motifs is 1. The number of carbonyl (C=O) groups is 1. The minimum absolute atomic E-state index is 0.103. The van der Waals surface area contributed by atoms with Gasteiger partial charge in [-0.15, -0.1) is 11.8 Å². The van der Waals surface area contributed by atoms with Crippen molar-refractivity contribution in [1.82, 2.24) is 25.0 Å². The Bertz CT molecular complexity index is 730. The molecule has 0 aliphatic carbocycles. The van der Waals surface area contributed by atoms with Crippen molar-refractivity contribution in [3.05, 3.63) is 41.3 Å². The molecule has 3 heterocycles. The molecule has 1 N–H and O–H groups in total. The molecular weight excluding hydrogens is 334 g/mol. The van der Waals surface area contributed by atoms with E-state index in [-0.39, 0.29) is 5.91 Å². The summed E-state index contributed by atoms with van der Waals surface area (Å²) in [6, 6.07) is 5.71. The summed E-state index contributed by atoms with van der Waals surface area (Å²) in [4.78, 5) is 19.1. The predicted molar refractivity (Wildman–Crippen MR) is 99.6 cm³/mol. The van der Waals surface area contributed by atoms with Gasteiger partial charge in [0.2, 0.25) is 0 Å². The Kier molecular flexibility index (Phi) is 6.09. The fourth-order valence-corrected chi connectivity index (χ4v) is 3.72. The number of carbonyl (C=O) groups excluding carboxylic acids is 1. The molecule has 2 aromatic rings. The lowest BCUT2D eigenvalue weighted by atomic mass is 10.2. The van der Waals surface area contributed by atoms with Gasteiger partial charge in [0.1, 0.15) is 5.03 Å². The topological polar surface area (TPSA) is 63.1 Å². The predicted octanol–water partition coefficient (Wildman–Crippen LogP) is 2.55. The molecule has 0 aromatic carbocycles. The van der Waals surface area contributed by atoms with Crippen molar-refractivity contribution in [1.29, 1.82) is 0 Å². The molecule has 1 aliphatic rings. The average Bonchev–Trinajstić information content (AvgIpc) is 2.91. The van der Waals surface area contributed by atoms with Crippen molar-refractivity contribution in [3.63, 3.8) is 0 Å². The summed E-state index contributed by atoms with van der Waals surface area (Å²) in [5.74, 6) is -0.103. The molecule has 0 saturated carbocycles. The van der Waals surface area contributed by atoms with Gasteiger partial charge in [-0.25, -0.2) is 4.98 Å². The van der Waals surface area contributed by atoms with E-state index in [0.29, 0.717) is 12.1 Å². The van der Waals surface area contributed by atoms with Crippen LogP contribution in [0.1, 0.15) is 41.5 Å². The molecular formula is C18H25N5OS. The summed E-state index contributed by atoms with van der Waals surface area (Å²) in [7, 11) is 0. The Hall–Kier alpha value is -1.86. The number of nitrogens with one attached hydrogen (secondary N) is 1. The minimum Gasteiger partial charge on any atom is -0.346 e. The highest BCUT2D eigenvalue weighted by molar-refractivity contribution is 7.98. The van der Waals surface area contributed by atoms with E-state index in [1.54, 1.807) is 18.3 Å². The lowest BCUT2D eigenvalue weighted by Gasteiger charge is -2.17. The number of hydrogen-bond acceptors (Lipinski definition) is 5. The van der Waals surface area contributed by atoms with E-state index in [0.717, 1.165) is 43.3 Å². The molecule has 25 heavy (non-hydrogen) atoms. The van der Waals surface area contributed by atoms with Gasteiger partial charge in [-0.3, -0.25) is 14.4 Å². The van der Waals surface area contributed by atoms with Gasteiger partial charge in [0, 0.05) is 25.8 Å². The van der Waals surface area contributed by atoms with Crippen molar-refractivity contribution in [2.45, 2.75) is 44.4 Å². The highest BCUT2D eigenvalue weighted by Gasteiger charge is 2.17. The molecule has 1 amide bonds. The number of pyridine rings is 1. The molecule has 0 atom stereocenters. The van der Waals surface area contributed by atoms with Crippen LogP contribution in [0.2, 0.25) is 0 Å². The zero-order valence-corrected chi connectivity index (χ0v) is 15.7. The summed E-state index contributed by atoms with van der Waals surface area (Å²) >= 11 is 1.48. The van der Waals surface area contributed by atoms with Crippen molar-refractivity contribution < 1.29 is 4.79 Å². The third kappa shape index (κ3) is 4.41. The molecule has 3 rings (SSSR count). The number of amides is 1. The molecule has 1 aliphatic heterocycles. The molecule has 2 aromatic heterocycles. The normalized spacial score (nSPS) is 14.8. The van der Waals surface area contributed by atoms with Gasteiger partial charge in [-0.1, -0.05) is 6.92 Å². The van der Waals surface area contributed by atoms with E-state index >= 15 is 0 Å². The van der Waals surface area contributed by atoms with Crippen molar-refractivity contribution >= 4 is 17.7 Å². The Labute approximate surface area is 153 Å². The van der Waals surface area contributed by atoms with Crippen LogP contribution in [0.15, 0.2) is 29.4 Å². The monoisotopic (exact) mass is 359 g/mol. The van der Waals surface area contributed by atoms with Gasteiger partial charge in [-0.05, 0) is 43.8 Å². The van der Waals surface area contributed by atoms with Crippen LogP contribution in [0.25, 0.3) is 0 Å². The molecule has 0 spiro atoms. The Morgan fingerprint density at radius 3 is 3.08 bits per heavy atom. The first kappa shape index (κ1) is 17.9. The molecule has 0 radical (unpaired) electrons. The molecule has 0 unspecified atom stereocenters. The largest absolute Gasteiger partial charge is 0.346 e. The maximum absolute atomic E-state index is 12.4. The van der Waals surface area contributed by atoms with E-state index in [1.165, 1.54) is 23.9 Å². The third-order valence-corrected chi connectivity index (χ3v) is 5.03. The lowest BCUT2D eigenvalue weighted by Crippen LogP contribution is -2.24. The minimum atomic E-state index is -0.103. The van der Waals surface area contributed by atoms with E-state index in [1.807, 2.05) is 6.26 Å². The second-order valence-corrected chi connectivity index (χ2v) is 7.02. The van der Waals surface area contributed by atoms with Gasteiger partial charge < -0.3 is 5.32 Å². The quantitative estimate of drug-likeness (QED) is 0.803. The van der Waals surface area contributed by atoms with Crippen LogP contribution in [0.5, 0.6) is 0 Å². The lowest BCUT2D eigenvalue weighted by molar-refractivity contribution is 0.0946. The van der Waals surface area contributed by atoms with Crippen LogP contribution in [-0.2, 0) is 19.6 Å². The number of nitrogens with zero attached hydrogens (tertiary/aromatic N) is 4. The summed E-state index contributed by atoms with van der Waals surface area (Å²) in [5, 5.41) is 8.38. The zero-order chi connectivity index (χ0) is 17.6. The van der Waals surface area contributed by atoms with Gasteiger partial charge in [-0.2, -0.15) is 5.10 Å². The number of aromatic nitrogens is 3. The van der Waals surface area contributed by atoms with Gasteiger partial charge in [0.15, 0.2) is 0 Å². The van der Waals surface area contributed by atoms with E-state index in [2.05, 4.69) is 38.0 Å². The second kappa shape index (κ2) is 8.49. The van der Waals surface area contributed by atoms with Crippen molar-refractivity contribution in [2.75, 3.05) is 19.3 Å². The molecule has 0 fully saturated rings. The maximum atomic E-state index is 12.4. The van der Waals surface area contributed by atoms with Crippen LogP contribution in [0.4, 0.5) is 0 Å². The Morgan fingerprint density at radius 1 is 1.40 bits per heavy atom. The summed E-state index contributed by atoms with van der Waals surface area (Å²) in [6.45, 7) is 6.79. The average molecular weight is 359 g/mol. The van der Waals surface area contributed by atoms with E-state index in [9.17, 15) is 4.79 Å². The maximum Gasteiger partial charge on any atom is 0.254 e. The third-order valence-electron chi connectivity index (χ3n) is 4.32. The smallest absolute Gasteiger partial charge is 0.254 e. The van der Waals surface area contributed by atoms with E-state index < -0.39 is 0 Å². The van der Waals surface area contributed by atoms with E-state index in [4.69, 9.17) is 0 Å². The van der Waals surface area contributed by atoms with Crippen LogP contribution in [-0.4, -0.2) is 44.9 Å².